The average Bonchev–Trinajstić information content (AvgIpc) is 3.59. The van der Waals surface area contributed by atoms with Crippen molar-refractivity contribution in [1.82, 2.24) is 9.88 Å². The Bertz CT molecular complexity index is 2850. The normalized spacial score (nSPS) is 17.1. The molecule has 5 N–H and O–H groups in total. The highest BCUT2D eigenvalue weighted by atomic mass is 15.2. The lowest BCUT2D eigenvalue weighted by molar-refractivity contribution is 0.398. The molecule has 0 amide bonds. The first-order valence-corrected chi connectivity index (χ1v) is 20.5. The zero-order chi connectivity index (χ0) is 39.9. The van der Waals surface area contributed by atoms with Gasteiger partial charge >= 0.3 is 0 Å². The maximum atomic E-state index is 7.11. The smallest absolute Gasteiger partial charge is 0.0815 e. The Hall–Kier alpha value is -6.76. The van der Waals surface area contributed by atoms with Crippen molar-refractivity contribution in [2.24, 2.45) is 11.5 Å². The molecule has 7 aromatic carbocycles. The van der Waals surface area contributed by atoms with Crippen LogP contribution in [0, 0.1) is 0 Å². The van der Waals surface area contributed by atoms with Crippen molar-refractivity contribution in [3.05, 3.63) is 223 Å². The van der Waals surface area contributed by atoms with Crippen LogP contribution in [0.3, 0.4) is 0 Å². The Morgan fingerprint density at radius 1 is 0.576 bits per heavy atom. The summed E-state index contributed by atoms with van der Waals surface area (Å²) in [4.78, 5) is 2.45. The standard InChI is InChI=1S/C54H47N5/c1-54(33-15-4-16-34-54)59-48-32-14-10-28-44(48)49-43-27-9-12-30-46(43)58(47-31-13-11-29-45(47)52(49)59)42-26-18-24-40(36-42)39-23-17-25-41(35-39)51(50(55)37-19-5-2-6-20-37)57-53(56)38-21-7-3-8-22-38/h2-33,35-36,50-51,53,57H,34,55-56H2,1H3/t50-,51?,53?,54?/m0/s1. The van der Waals surface area contributed by atoms with Crippen LogP contribution in [-0.4, -0.2) is 4.57 Å². The number of nitrogens with two attached hydrogens (primary N) is 2. The van der Waals surface area contributed by atoms with Crippen molar-refractivity contribution in [2.75, 3.05) is 4.90 Å². The molecule has 5 heteroatoms. The number of nitrogens with zero attached hydrogens (tertiary/aromatic N) is 2. The fourth-order valence-corrected chi connectivity index (χ4v) is 9.30. The molecule has 2 aliphatic rings. The van der Waals surface area contributed by atoms with Gasteiger partial charge in [-0.25, -0.2) is 0 Å². The Labute approximate surface area is 346 Å². The number of benzene rings is 7. The highest BCUT2D eigenvalue weighted by Crippen LogP contribution is 2.55. The van der Waals surface area contributed by atoms with Crippen LogP contribution in [0.2, 0.25) is 0 Å². The predicted molar refractivity (Wildman–Crippen MR) is 246 cm³/mol. The fourth-order valence-electron chi connectivity index (χ4n) is 9.30. The summed E-state index contributed by atoms with van der Waals surface area (Å²) in [6.45, 7) is 2.36. The third-order valence-corrected chi connectivity index (χ3v) is 12.2. The van der Waals surface area contributed by atoms with Crippen LogP contribution in [-0.2, 0) is 5.54 Å². The fraction of sp³-hybridized carbons (Fsp3) is 0.111. The SMILES string of the molecule is CC1(n2c3c(c4ccccc42)-c2ccccc2N(c2cccc(-c4cccc(C(NC(N)c5ccccc5)[C@@H](N)c5ccccc5)c4)c2)c2ccccc2-3)C=CC=CC1. The number of rotatable bonds is 9. The number of hydrogen-bond donors (Lipinski definition) is 3. The van der Waals surface area contributed by atoms with Gasteiger partial charge in [-0.15, -0.1) is 0 Å². The number of nitrogens with one attached hydrogen (secondary N) is 1. The molecule has 0 spiro atoms. The molecule has 2 heterocycles. The lowest BCUT2D eigenvalue weighted by atomic mass is 9.91. The van der Waals surface area contributed by atoms with Crippen LogP contribution in [0.25, 0.3) is 44.4 Å². The van der Waals surface area contributed by atoms with Gasteiger partial charge in [0.15, 0.2) is 0 Å². The Balaban J connectivity index is 1.10. The molecule has 0 fully saturated rings. The summed E-state index contributed by atoms with van der Waals surface area (Å²) in [5, 5.41) is 4.96. The second-order valence-corrected chi connectivity index (χ2v) is 15.9. The summed E-state index contributed by atoms with van der Waals surface area (Å²) in [5.74, 6) is 0. The van der Waals surface area contributed by atoms with Crippen LogP contribution < -0.4 is 21.7 Å². The van der Waals surface area contributed by atoms with Crippen molar-refractivity contribution >= 4 is 28.0 Å². The molecule has 0 radical (unpaired) electrons. The first kappa shape index (κ1) is 36.6. The van der Waals surface area contributed by atoms with Crippen LogP contribution in [0.15, 0.2) is 206 Å². The maximum absolute atomic E-state index is 7.11. The molecule has 1 aromatic heterocycles. The van der Waals surface area contributed by atoms with Crippen LogP contribution in [0.4, 0.5) is 17.1 Å². The Morgan fingerprint density at radius 3 is 1.93 bits per heavy atom. The van der Waals surface area contributed by atoms with E-state index in [4.69, 9.17) is 11.5 Å². The average molecular weight is 766 g/mol. The number of anilines is 3. The number of hydrogen-bond acceptors (Lipinski definition) is 4. The van der Waals surface area contributed by atoms with Gasteiger partial charge in [-0.1, -0.05) is 170 Å². The molecule has 8 aromatic rings. The van der Waals surface area contributed by atoms with Crippen molar-refractivity contribution in [1.29, 1.82) is 0 Å². The quantitative estimate of drug-likeness (QED) is 0.128. The largest absolute Gasteiger partial charge is 0.330 e. The van der Waals surface area contributed by atoms with E-state index in [9.17, 15) is 0 Å². The first-order chi connectivity index (χ1) is 29.0. The van der Waals surface area contributed by atoms with E-state index in [-0.39, 0.29) is 17.6 Å². The van der Waals surface area contributed by atoms with Gasteiger partial charge in [-0.3, -0.25) is 5.32 Å². The number of fused-ring (bicyclic) bond motifs is 7. The van der Waals surface area contributed by atoms with Crippen LogP contribution in [0.1, 0.15) is 48.3 Å². The van der Waals surface area contributed by atoms with E-state index in [1.165, 1.54) is 33.3 Å². The van der Waals surface area contributed by atoms with Gasteiger partial charge in [-0.2, -0.15) is 0 Å². The first-order valence-electron chi connectivity index (χ1n) is 20.5. The molecule has 1 aliphatic heterocycles. The molecule has 0 bridgehead atoms. The molecule has 1 aliphatic carbocycles. The van der Waals surface area contributed by atoms with Gasteiger partial charge in [0.25, 0.3) is 0 Å². The lowest BCUT2D eigenvalue weighted by Gasteiger charge is -2.33. The second kappa shape index (κ2) is 15.2. The van der Waals surface area contributed by atoms with E-state index < -0.39 is 6.17 Å². The van der Waals surface area contributed by atoms with E-state index >= 15 is 0 Å². The predicted octanol–water partition coefficient (Wildman–Crippen LogP) is 12.6. The third-order valence-electron chi connectivity index (χ3n) is 12.2. The Kier molecular flexibility index (Phi) is 9.42. The molecule has 4 atom stereocenters. The van der Waals surface area contributed by atoms with Crippen molar-refractivity contribution in [3.63, 3.8) is 0 Å². The van der Waals surface area contributed by atoms with E-state index in [0.717, 1.165) is 51.3 Å². The van der Waals surface area contributed by atoms with E-state index in [1.54, 1.807) is 0 Å². The summed E-state index contributed by atoms with van der Waals surface area (Å²) < 4.78 is 2.59. The van der Waals surface area contributed by atoms with E-state index in [2.05, 4.69) is 192 Å². The third kappa shape index (κ3) is 6.50. The van der Waals surface area contributed by atoms with Crippen molar-refractivity contribution in [2.45, 2.75) is 37.1 Å². The van der Waals surface area contributed by atoms with E-state index in [1.807, 2.05) is 36.4 Å². The highest BCUT2D eigenvalue weighted by molar-refractivity contribution is 6.12. The minimum atomic E-state index is -0.405. The molecule has 288 valence electrons. The Morgan fingerprint density at radius 2 is 1.19 bits per heavy atom. The van der Waals surface area contributed by atoms with Crippen LogP contribution in [0.5, 0.6) is 0 Å². The molecule has 3 unspecified atom stereocenters. The summed E-state index contributed by atoms with van der Waals surface area (Å²) in [7, 11) is 0. The molecular weight excluding hydrogens is 719 g/mol. The van der Waals surface area contributed by atoms with E-state index in [0.29, 0.717) is 0 Å². The van der Waals surface area contributed by atoms with Crippen LogP contribution >= 0.6 is 0 Å². The molecular formula is C54H47N5. The molecule has 0 saturated carbocycles. The van der Waals surface area contributed by atoms with Crippen molar-refractivity contribution in [3.8, 4) is 33.5 Å². The summed E-state index contributed by atoms with van der Waals surface area (Å²) in [6.07, 6.45) is 9.51. The maximum Gasteiger partial charge on any atom is 0.0815 e. The summed E-state index contributed by atoms with van der Waals surface area (Å²) in [5.41, 5.74) is 28.5. The summed E-state index contributed by atoms with van der Waals surface area (Å²) >= 11 is 0. The zero-order valence-corrected chi connectivity index (χ0v) is 33.1. The molecule has 5 nitrogen and oxygen atoms in total. The lowest BCUT2D eigenvalue weighted by Crippen LogP contribution is -2.38. The topological polar surface area (TPSA) is 72.2 Å². The summed E-state index contributed by atoms with van der Waals surface area (Å²) in [6, 6.07) is 64.2. The van der Waals surface area contributed by atoms with Gasteiger partial charge in [0.2, 0.25) is 0 Å². The number of para-hydroxylation sites is 3. The highest BCUT2D eigenvalue weighted by Gasteiger charge is 2.36. The molecule has 59 heavy (non-hydrogen) atoms. The second-order valence-electron chi connectivity index (χ2n) is 15.9. The van der Waals surface area contributed by atoms with Gasteiger partial charge in [-0.05, 0) is 77.6 Å². The minimum Gasteiger partial charge on any atom is -0.330 e. The van der Waals surface area contributed by atoms with Gasteiger partial charge in [0.05, 0.1) is 34.8 Å². The van der Waals surface area contributed by atoms with Gasteiger partial charge in [0.1, 0.15) is 0 Å². The molecule has 0 saturated heterocycles. The minimum absolute atomic E-state index is 0.245. The zero-order valence-electron chi connectivity index (χ0n) is 33.1. The monoisotopic (exact) mass is 765 g/mol. The van der Waals surface area contributed by atoms with Crippen molar-refractivity contribution < 1.29 is 0 Å². The van der Waals surface area contributed by atoms with Gasteiger partial charge in [0, 0.05) is 39.3 Å². The number of allylic oxidation sites excluding steroid dienone is 4. The van der Waals surface area contributed by atoms with Gasteiger partial charge < -0.3 is 20.9 Å². The number of aromatic nitrogens is 1. The molecule has 10 rings (SSSR count).